The molecule has 1 aromatic carbocycles. The highest BCUT2D eigenvalue weighted by Crippen LogP contribution is 2.40. The zero-order chi connectivity index (χ0) is 10.4. The van der Waals surface area contributed by atoms with E-state index in [1.807, 2.05) is 31.2 Å². The van der Waals surface area contributed by atoms with Gasteiger partial charge in [-0.25, -0.2) is 0 Å². The van der Waals surface area contributed by atoms with E-state index in [9.17, 15) is 4.79 Å². The predicted octanol–water partition coefficient (Wildman–Crippen LogP) is 2.71. The third-order valence-electron chi connectivity index (χ3n) is 3.17. The van der Waals surface area contributed by atoms with Crippen LogP contribution in [0.5, 0.6) is 0 Å². The van der Waals surface area contributed by atoms with Crippen molar-refractivity contribution in [2.45, 2.75) is 25.7 Å². The number of nitrogens with one attached hydrogen (secondary N) is 1. The lowest BCUT2D eigenvalue weighted by Gasteiger charge is -2.06. The second kappa shape index (κ2) is 2.96. The van der Waals surface area contributed by atoms with Gasteiger partial charge in [-0.3, -0.25) is 4.79 Å². The van der Waals surface area contributed by atoms with E-state index < -0.39 is 0 Å². The first-order chi connectivity index (χ1) is 7.27. The maximum atomic E-state index is 12.1. The fourth-order valence-electron chi connectivity index (χ4n) is 2.13. The topological polar surface area (TPSA) is 32.9 Å². The van der Waals surface area contributed by atoms with Gasteiger partial charge in [-0.2, -0.15) is 0 Å². The summed E-state index contributed by atoms with van der Waals surface area (Å²) in [5.41, 5.74) is 3.20. The normalized spacial score (nSPS) is 15.8. The number of fused-ring (bicyclic) bond motifs is 1. The minimum Gasteiger partial charge on any atom is -0.358 e. The summed E-state index contributed by atoms with van der Waals surface area (Å²) in [5, 5.41) is 0.805. The number of hydrogen-bond acceptors (Lipinski definition) is 1. The molecule has 0 unspecified atom stereocenters. The highest BCUT2D eigenvalue weighted by atomic mass is 16.1. The van der Waals surface area contributed by atoms with Crippen molar-refractivity contribution in [2.24, 2.45) is 0 Å². The molecule has 0 atom stereocenters. The first-order valence-corrected chi connectivity index (χ1v) is 5.39. The van der Waals surface area contributed by atoms with E-state index in [4.69, 9.17) is 0 Å². The number of H-pyrrole nitrogens is 1. The average molecular weight is 199 g/mol. The third kappa shape index (κ3) is 1.29. The highest BCUT2D eigenvalue weighted by molar-refractivity contribution is 5.79. The van der Waals surface area contributed by atoms with Crippen LogP contribution in [0.2, 0.25) is 0 Å². The molecule has 0 aliphatic heterocycles. The Balaban J connectivity index is 2.40. The maximum absolute atomic E-state index is 12.1. The number of para-hydroxylation sites is 1. The zero-order valence-electron chi connectivity index (χ0n) is 8.71. The summed E-state index contributed by atoms with van der Waals surface area (Å²) in [7, 11) is 0. The van der Waals surface area contributed by atoms with E-state index in [0.717, 1.165) is 22.2 Å². The maximum Gasteiger partial charge on any atom is 0.192 e. The van der Waals surface area contributed by atoms with Crippen molar-refractivity contribution in [3.63, 3.8) is 0 Å². The fourth-order valence-corrected chi connectivity index (χ4v) is 2.13. The van der Waals surface area contributed by atoms with Gasteiger partial charge in [0.15, 0.2) is 5.43 Å². The summed E-state index contributed by atoms with van der Waals surface area (Å²) >= 11 is 0. The molecule has 1 fully saturated rings. The van der Waals surface area contributed by atoms with Gasteiger partial charge < -0.3 is 4.98 Å². The molecule has 1 heterocycles. The standard InChI is InChI=1S/C13H13NO/c1-8-12(9-6-7-9)14-11-5-3-2-4-10(11)13(8)15/h2-5,9H,6-7H2,1H3,(H,14,15). The van der Waals surface area contributed by atoms with Crippen LogP contribution in [0.3, 0.4) is 0 Å². The summed E-state index contributed by atoms with van der Waals surface area (Å²) in [6, 6.07) is 7.73. The molecule has 1 aromatic heterocycles. The van der Waals surface area contributed by atoms with E-state index in [1.165, 1.54) is 12.8 Å². The number of pyridine rings is 1. The highest BCUT2D eigenvalue weighted by Gasteiger charge is 2.27. The van der Waals surface area contributed by atoms with Gasteiger partial charge in [0.2, 0.25) is 0 Å². The molecule has 15 heavy (non-hydrogen) atoms. The molecule has 0 bridgehead atoms. The summed E-state index contributed by atoms with van der Waals surface area (Å²) in [5.74, 6) is 0.599. The zero-order valence-corrected chi connectivity index (χ0v) is 8.71. The molecule has 1 N–H and O–H groups in total. The average Bonchev–Trinajstić information content (AvgIpc) is 3.07. The SMILES string of the molecule is Cc1c(C2CC2)[nH]c2ccccc2c1=O. The van der Waals surface area contributed by atoms with Gasteiger partial charge in [0, 0.05) is 22.2 Å². The van der Waals surface area contributed by atoms with Crippen LogP contribution in [-0.2, 0) is 0 Å². The van der Waals surface area contributed by atoms with Crippen molar-refractivity contribution in [3.05, 3.63) is 45.7 Å². The molecular formula is C13H13NO. The number of benzene rings is 1. The Kier molecular flexibility index (Phi) is 1.72. The van der Waals surface area contributed by atoms with Gasteiger partial charge in [0.25, 0.3) is 0 Å². The minimum absolute atomic E-state index is 0.186. The molecule has 0 saturated heterocycles. The Labute approximate surface area is 87.9 Å². The van der Waals surface area contributed by atoms with Gasteiger partial charge in [-0.1, -0.05) is 12.1 Å². The quantitative estimate of drug-likeness (QED) is 0.752. The molecule has 1 aliphatic carbocycles. The van der Waals surface area contributed by atoms with Crippen molar-refractivity contribution in [2.75, 3.05) is 0 Å². The van der Waals surface area contributed by atoms with Crippen molar-refractivity contribution < 1.29 is 0 Å². The monoisotopic (exact) mass is 199 g/mol. The van der Waals surface area contributed by atoms with Crippen LogP contribution in [0.25, 0.3) is 10.9 Å². The third-order valence-corrected chi connectivity index (χ3v) is 3.17. The molecule has 0 radical (unpaired) electrons. The predicted molar refractivity (Wildman–Crippen MR) is 61.3 cm³/mol. The number of aromatic nitrogens is 1. The molecule has 1 aliphatic rings. The van der Waals surface area contributed by atoms with Crippen LogP contribution in [-0.4, -0.2) is 4.98 Å². The molecule has 2 nitrogen and oxygen atoms in total. The van der Waals surface area contributed by atoms with E-state index >= 15 is 0 Å². The Morgan fingerprint density at radius 2 is 2.00 bits per heavy atom. The molecule has 1 saturated carbocycles. The molecule has 3 rings (SSSR count). The van der Waals surface area contributed by atoms with Crippen molar-refractivity contribution in [1.29, 1.82) is 0 Å². The first-order valence-electron chi connectivity index (χ1n) is 5.39. The van der Waals surface area contributed by atoms with Crippen LogP contribution in [0.4, 0.5) is 0 Å². The van der Waals surface area contributed by atoms with Gasteiger partial charge >= 0.3 is 0 Å². The lowest BCUT2D eigenvalue weighted by Crippen LogP contribution is -2.10. The Morgan fingerprint density at radius 1 is 1.27 bits per heavy atom. The Morgan fingerprint density at radius 3 is 2.73 bits per heavy atom. The van der Waals surface area contributed by atoms with Crippen LogP contribution in [0.15, 0.2) is 29.1 Å². The van der Waals surface area contributed by atoms with Crippen LogP contribution < -0.4 is 5.43 Å². The number of hydrogen-bond donors (Lipinski definition) is 1. The van der Waals surface area contributed by atoms with E-state index in [2.05, 4.69) is 4.98 Å². The van der Waals surface area contributed by atoms with Gasteiger partial charge in [-0.15, -0.1) is 0 Å². The molecular weight excluding hydrogens is 186 g/mol. The number of aromatic amines is 1. The summed E-state index contributed by atoms with van der Waals surface area (Å²) in [4.78, 5) is 15.5. The van der Waals surface area contributed by atoms with Crippen LogP contribution in [0, 0.1) is 6.92 Å². The summed E-state index contributed by atoms with van der Waals surface area (Å²) in [6.45, 7) is 1.93. The van der Waals surface area contributed by atoms with Gasteiger partial charge in [-0.05, 0) is 37.8 Å². The largest absolute Gasteiger partial charge is 0.358 e. The minimum atomic E-state index is 0.186. The van der Waals surface area contributed by atoms with Crippen LogP contribution >= 0.6 is 0 Å². The molecule has 0 amide bonds. The van der Waals surface area contributed by atoms with Gasteiger partial charge in [0.1, 0.15) is 0 Å². The smallest absolute Gasteiger partial charge is 0.192 e. The van der Waals surface area contributed by atoms with E-state index in [1.54, 1.807) is 0 Å². The summed E-state index contributed by atoms with van der Waals surface area (Å²) in [6.07, 6.45) is 2.43. The fraction of sp³-hybridized carbons (Fsp3) is 0.308. The molecule has 2 aromatic rings. The molecule has 76 valence electrons. The first kappa shape index (κ1) is 8.72. The van der Waals surface area contributed by atoms with E-state index in [-0.39, 0.29) is 5.43 Å². The van der Waals surface area contributed by atoms with Gasteiger partial charge in [0.05, 0.1) is 0 Å². The molecule has 0 spiro atoms. The second-order valence-electron chi connectivity index (χ2n) is 4.31. The molecule has 2 heteroatoms. The van der Waals surface area contributed by atoms with Crippen molar-refractivity contribution in [1.82, 2.24) is 4.98 Å². The Hall–Kier alpha value is -1.57. The lowest BCUT2D eigenvalue weighted by molar-refractivity contribution is 1.01. The Bertz CT molecular complexity index is 579. The van der Waals surface area contributed by atoms with Crippen LogP contribution in [0.1, 0.15) is 30.0 Å². The number of rotatable bonds is 1. The van der Waals surface area contributed by atoms with Crippen molar-refractivity contribution >= 4 is 10.9 Å². The summed E-state index contributed by atoms with van der Waals surface area (Å²) < 4.78 is 0. The second-order valence-corrected chi connectivity index (χ2v) is 4.31. The van der Waals surface area contributed by atoms with Crippen molar-refractivity contribution in [3.8, 4) is 0 Å². The lowest BCUT2D eigenvalue weighted by atomic mass is 10.1. The van der Waals surface area contributed by atoms with E-state index in [0.29, 0.717) is 5.92 Å².